The van der Waals surface area contributed by atoms with Crippen LogP contribution in [0.5, 0.6) is 0 Å². The Balaban J connectivity index is 2.05. The van der Waals surface area contributed by atoms with Gasteiger partial charge in [-0.1, -0.05) is 64.7 Å². The SMILES string of the molecule is CCCCCCCCCCCCNS(=O)(=O)c1ccc(F)cc1. The molecule has 0 aliphatic carbocycles. The molecule has 1 rings (SSSR count). The molecule has 0 saturated heterocycles. The van der Waals surface area contributed by atoms with Gasteiger partial charge in [-0.25, -0.2) is 17.5 Å². The van der Waals surface area contributed by atoms with Crippen LogP contribution in [-0.4, -0.2) is 15.0 Å². The van der Waals surface area contributed by atoms with Crippen molar-refractivity contribution in [2.45, 2.75) is 76.0 Å². The minimum Gasteiger partial charge on any atom is -0.211 e. The van der Waals surface area contributed by atoms with E-state index in [0.717, 1.165) is 31.4 Å². The second-order valence-corrected chi connectivity index (χ2v) is 7.80. The van der Waals surface area contributed by atoms with Crippen molar-refractivity contribution in [1.29, 1.82) is 0 Å². The summed E-state index contributed by atoms with van der Waals surface area (Å²) in [5.41, 5.74) is 0. The first-order valence-electron chi connectivity index (χ1n) is 8.81. The van der Waals surface area contributed by atoms with Gasteiger partial charge in [0.05, 0.1) is 4.90 Å². The fourth-order valence-corrected chi connectivity index (χ4v) is 3.59. The number of benzene rings is 1. The van der Waals surface area contributed by atoms with Gasteiger partial charge in [-0.15, -0.1) is 0 Å². The predicted octanol–water partition coefficient (Wildman–Crippen LogP) is 5.02. The number of hydrogen-bond acceptors (Lipinski definition) is 2. The monoisotopic (exact) mass is 343 g/mol. The van der Waals surface area contributed by atoms with Crippen molar-refractivity contribution in [3.8, 4) is 0 Å². The average Bonchev–Trinajstić information content (AvgIpc) is 2.53. The molecule has 3 nitrogen and oxygen atoms in total. The lowest BCUT2D eigenvalue weighted by molar-refractivity contribution is 0.549. The van der Waals surface area contributed by atoms with Crippen LogP contribution in [0.4, 0.5) is 4.39 Å². The maximum absolute atomic E-state index is 12.8. The van der Waals surface area contributed by atoms with E-state index in [1.165, 1.54) is 57.1 Å². The summed E-state index contributed by atoms with van der Waals surface area (Å²) in [5, 5.41) is 0. The van der Waals surface area contributed by atoms with Gasteiger partial charge in [0.2, 0.25) is 10.0 Å². The molecule has 0 heterocycles. The van der Waals surface area contributed by atoms with Gasteiger partial charge >= 0.3 is 0 Å². The minimum atomic E-state index is -3.50. The van der Waals surface area contributed by atoms with Crippen molar-refractivity contribution in [3.63, 3.8) is 0 Å². The molecule has 0 radical (unpaired) electrons. The molecule has 0 aliphatic rings. The lowest BCUT2D eigenvalue weighted by atomic mass is 10.1. The maximum Gasteiger partial charge on any atom is 0.240 e. The molecule has 0 saturated carbocycles. The third-order valence-electron chi connectivity index (χ3n) is 3.95. The Morgan fingerprint density at radius 2 is 1.30 bits per heavy atom. The highest BCUT2D eigenvalue weighted by Gasteiger charge is 2.12. The van der Waals surface area contributed by atoms with Crippen LogP contribution in [0.3, 0.4) is 0 Å². The van der Waals surface area contributed by atoms with E-state index in [9.17, 15) is 12.8 Å². The third-order valence-corrected chi connectivity index (χ3v) is 5.42. The summed E-state index contributed by atoms with van der Waals surface area (Å²) < 4.78 is 39.3. The van der Waals surface area contributed by atoms with Gasteiger partial charge in [0.25, 0.3) is 0 Å². The zero-order valence-corrected chi connectivity index (χ0v) is 15.0. The molecule has 1 N–H and O–H groups in total. The van der Waals surface area contributed by atoms with Crippen LogP contribution in [-0.2, 0) is 10.0 Å². The van der Waals surface area contributed by atoms with Gasteiger partial charge in [0, 0.05) is 6.54 Å². The molecule has 0 atom stereocenters. The van der Waals surface area contributed by atoms with Crippen LogP contribution >= 0.6 is 0 Å². The van der Waals surface area contributed by atoms with Gasteiger partial charge in [-0.2, -0.15) is 0 Å². The van der Waals surface area contributed by atoms with Crippen LogP contribution in [0.25, 0.3) is 0 Å². The molecule has 0 aliphatic heterocycles. The largest absolute Gasteiger partial charge is 0.240 e. The van der Waals surface area contributed by atoms with Crippen molar-refractivity contribution >= 4 is 10.0 Å². The number of unbranched alkanes of at least 4 members (excludes halogenated alkanes) is 9. The smallest absolute Gasteiger partial charge is 0.211 e. The van der Waals surface area contributed by atoms with E-state index >= 15 is 0 Å². The molecule has 0 spiro atoms. The van der Waals surface area contributed by atoms with Gasteiger partial charge in [-0.3, -0.25) is 0 Å². The second-order valence-electron chi connectivity index (χ2n) is 6.03. The first-order chi connectivity index (χ1) is 11.1. The topological polar surface area (TPSA) is 46.2 Å². The molecule has 1 aromatic carbocycles. The molecule has 132 valence electrons. The van der Waals surface area contributed by atoms with E-state index in [0.29, 0.717) is 6.54 Å². The molecule has 0 amide bonds. The second kappa shape index (κ2) is 11.6. The zero-order valence-electron chi connectivity index (χ0n) is 14.2. The van der Waals surface area contributed by atoms with E-state index in [1.54, 1.807) is 0 Å². The summed E-state index contributed by atoms with van der Waals surface area (Å²) in [4.78, 5) is 0.117. The van der Waals surface area contributed by atoms with Gasteiger partial charge in [0.15, 0.2) is 0 Å². The number of rotatable bonds is 13. The fourth-order valence-electron chi connectivity index (χ4n) is 2.52. The number of nitrogens with one attached hydrogen (secondary N) is 1. The summed E-state index contributed by atoms with van der Waals surface area (Å²) in [7, 11) is -3.50. The molecular weight excluding hydrogens is 313 g/mol. The Morgan fingerprint density at radius 1 is 0.826 bits per heavy atom. The normalized spacial score (nSPS) is 11.7. The van der Waals surface area contributed by atoms with Gasteiger partial charge in [0.1, 0.15) is 5.82 Å². The Bertz CT molecular complexity index is 514. The van der Waals surface area contributed by atoms with E-state index < -0.39 is 15.8 Å². The third kappa shape index (κ3) is 9.06. The summed E-state index contributed by atoms with van der Waals surface area (Å²) >= 11 is 0. The van der Waals surface area contributed by atoms with Crippen molar-refractivity contribution in [1.82, 2.24) is 4.72 Å². The number of halogens is 1. The summed E-state index contributed by atoms with van der Waals surface area (Å²) in [6.45, 7) is 2.67. The highest BCUT2D eigenvalue weighted by Crippen LogP contribution is 2.11. The van der Waals surface area contributed by atoms with Crippen molar-refractivity contribution in [3.05, 3.63) is 30.1 Å². The van der Waals surface area contributed by atoms with Crippen molar-refractivity contribution < 1.29 is 12.8 Å². The van der Waals surface area contributed by atoms with E-state index in [1.807, 2.05) is 0 Å². The summed E-state index contributed by atoms with van der Waals surface area (Å²) in [5.74, 6) is -0.432. The Labute approximate surface area is 140 Å². The molecule has 0 bridgehead atoms. The van der Waals surface area contributed by atoms with Crippen LogP contribution in [0.15, 0.2) is 29.2 Å². The Kier molecular flexibility index (Phi) is 10.1. The molecular formula is C18H30FNO2S. The minimum absolute atomic E-state index is 0.117. The van der Waals surface area contributed by atoms with Gasteiger partial charge in [-0.05, 0) is 30.7 Å². The predicted molar refractivity (Wildman–Crippen MR) is 93.4 cm³/mol. The lowest BCUT2D eigenvalue weighted by Gasteiger charge is -2.07. The summed E-state index contributed by atoms with van der Waals surface area (Å²) in [6, 6.07) is 4.90. The van der Waals surface area contributed by atoms with E-state index in [4.69, 9.17) is 0 Å². The van der Waals surface area contributed by atoms with Crippen molar-refractivity contribution in [2.75, 3.05) is 6.54 Å². The standard InChI is InChI=1S/C18H30FNO2S/c1-2-3-4-5-6-7-8-9-10-11-16-20-23(21,22)18-14-12-17(19)13-15-18/h12-15,20H,2-11,16H2,1H3. The highest BCUT2D eigenvalue weighted by molar-refractivity contribution is 7.89. The van der Waals surface area contributed by atoms with Crippen LogP contribution in [0.2, 0.25) is 0 Å². The zero-order chi connectivity index (χ0) is 17.0. The van der Waals surface area contributed by atoms with Gasteiger partial charge < -0.3 is 0 Å². The molecule has 0 fully saturated rings. The molecule has 1 aromatic rings. The number of sulfonamides is 1. The average molecular weight is 344 g/mol. The van der Waals surface area contributed by atoms with Crippen molar-refractivity contribution in [2.24, 2.45) is 0 Å². The molecule has 0 unspecified atom stereocenters. The first-order valence-corrected chi connectivity index (χ1v) is 10.3. The lowest BCUT2D eigenvalue weighted by Crippen LogP contribution is -2.24. The fraction of sp³-hybridized carbons (Fsp3) is 0.667. The van der Waals surface area contributed by atoms with Crippen LogP contribution in [0, 0.1) is 5.82 Å². The Hall–Kier alpha value is -0.940. The quantitative estimate of drug-likeness (QED) is 0.511. The molecule has 23 heavy (non-hydrogen) atoms. The molecule has 5 heteroatoms. The maximum atomic E-state index is 12.8. The van der Waals surface area contributed by atoms with E-state index in [2.05, 4.69) is 11.6 Å². The van der Waals surface area contributed by atoms with Crippen LogP contribution in [0.1, 0.15) is 71.1 Å². The number of hydrogen-bond donors (Lipinski definition) is 1. The Morgan fingerprint density at radius 3 is 1.83 bits per heavy atom. The van der Waals surface area contributed by atoms with Crippen LogP contribution < -0.4 is 4.72 Å². The molecule has 0 aromatic heterocycles. The summed E-state index contributed by atoms with van der Waals surface area (Å²) in [6.07, 6.45) is 12.2. The highest BCUT2D eigenvalue weighted by atomic mass is 32.2. The first kappa shape index (κ1) is 20.1. The van der Waals surface area contributed by atoms with E-state index in [-0.39, 0.29) is 4.90 Å².